The standard InChI is InChI=1S/C22H19ClF3N5O3S2/c1-31-17(12-19(29-31)22(24,25)26)18-9-10-20(35-18)36(33,34)30-14-7-8-15(23)16(11-14)28-21(32)27-13-5-3-2-4-6-13/h2-9,11-12,20,30H,10H2,1H3,(H2,27,28,32). The van der Waals surface area contributed by atoms with E-state index in [4.69, 9.17) is 11.6 Å². The van der Waals surface area contributed by atoms with Crippen molar-refractivity contribution < 1.29 is 26.4 Å². The van der Waals surface area contributed by atoms with E-state index in [1.54, 1.807) is 36.4 Å². The van der Waals surface area contributed by atoms with Crippen LogP contribution in [-0.2, 0) is 23.2 Å². The number of anilines is 3. The summed E-state index contributed by atoms with van der Waals surface area (Å²) >= 11 is 7.08. The van der Waals surface area contributed by atoms with Gasteiger partial charge in [-0.3, -0.25) is 9.40 Å². The second-order valence-corrected chi connectivity index (χ2v) is 11.5. The third kappa shape index (κ3) is 5.97. The lowest BCUT2D eigenvalue weighted by molar-refractivity contribution is -0.141. The van der Waals surface area contributed by atoms with Crippen molar-refractivity contribution in [1.29, 1.82) is 0 Å². The number of amides is 2. The number of hydrogen-bond acceptors (Lipinski definition) is 5. The highest BCUT2D eigenvalue weighted by molar-refractivity contribution is 8.19. The van der Waals surface area contributed by atoms with Crippen LogP contribution in [0.1, 0.15) is 17.8 Å². The Kier molecular flexibility index (Phi) is 7.25. The van der Waals surface area contributed by atoms with Gasteiger partial charge in [0.15, 0.2) is 5.69 Å². The van der Waals surface area contributed by atoms with Crippen molar-refractivity contribution in [3.63, 3.8) is 0 Å². The molecule has 0 saturated heterocycles. The quantitative estimate of drug-likeness (QED) is 0.346. The summed E-state index contributed by atoms with van der Waals surface area (Å²) < 4.78 is 67.5. The normalized spacial score (nSPS) is 15.9. The summed E-state index contributed by atoms with van der Waals surface area (Å²) in [5.41, 5.74) is 0.0114. The first-order valence-corrected chi connectivity index (χ1v) is 13.2. The first kappa shape index (κ1) is 25.9. The molecule has 0 bridgehead atoms. The summed E-state index contributed by atoms with van der Waals surface area (Å²) in [6.07, 6.45) is -2.96. The third-order valence-electron chi connectivity index (χ3n) is 5.03. The van der Waals surface area contributed by atoms with Gasteiger partial charge < -0.3 is 10.6 Å². The van der Waals surface area contributed by atoms with E-state index in [-0.39, 0.29) is 28.5 Å². The SMILES string of the molecule is Cn1nc(C(F)(F)F)cc1C1=CCC(S(=O)(=O)Nc2ccc(Cl)c(NC(=O)Nc3ccccc3)c2)S1. The van der Waals surface area contributed by atoms with E-state index in [2.05, 4.69) is 20.5 Å². The van der Waals surface area contributed by atoms with Crippen LogP contribution in [0.3, 0.4) is 0 Å². The van der Waals surface area contributed by atoms with Gasteiger partial charge in [-0.15, -0.1) is 11.8 Å². The minimum absolute atomic E-state index is 0.0834. The molecule has 8 nitrogen and oxygen atoms in total. The Hall–Kier alpha value is -3.16. The lowest BCUT2D eigenvalue weighted by Crippen LogP contribution is -2.24. The number of para-hydroxylation sites is 1. The highest BCUT2D eigenvalue weighted by Gasteiger charge is 2.37. The summed E-state index contributed by atoms with van der Waals surface area (Å²) in [6.45, 7) is 0. The monoisotopic (exact) mass is 557 g/mol. The number of rotatable bonds is 6. The van der Waals surface area contributed by atoms with Gasteiger partial charge in [0.05, 0.1) is 22.1 Å². The van der Waals surface area contributed by atoms with Gasteiger partial charge in [-0.2, -0.15) is 18.3 Å². The zero-order valence-electron chi connectivity index (χ0n) is 18.5. The maximum atomic E-state index is 13.0. The smallest absolute Gasteiger partial charge is 0.308 e. The van der Waals surface area contributed by atoms with Crippen molar-refractivity contribution in [2.75, 3.05) is 15.4 Å². The number of carbonyl (C=O) groups is 1. The number of nitrogens with one attached hydrogen (secondary N) is 3. The number of aromatic nitrogens is 2. The molecule has 2 aromatic carbocycles. The van der Waals surface area contributed by atoms with Crippen LogP contribution in [0, 0.1) is 0 Å². The molecule has 0 aliphatic carbocycles. The number of halogens is 4. The second-order valence-electron chi connectivity index (χ2n) is 7.67. The van der Waals surface area contributed by atoms with Crippen molar-refractivity contribution >= 4 is 61.4 Å². The fourth-order valence-electron chi connectivity index (χ4n) is 3.35. The minimum Gasteiger partial charge on any atom is -0.308 e. The van der Waals surface area contributed by atoms with Crippen molar-refractivity contribution in [2.24, 2.45) is 7.05 Å². The number of urea groups is 1. The largest absolute Gasteiger partial charge is 0.435 e. The summed E-state index contributed by atoms with van der Waals surface area (Å²) in [7, 11) is -2.59. The molecule has 1 aromatic heterocycles. The molecule has 1 aliphatic rings. The number of allylic oxidation sites excluding steroid dienone is 1. The first-order chi connectivity index (χ1) is 16.9. The summed E-state index contributed by atoms with van der Waals surface area (Å²) in [5.74, 6) is 0. The molecule has 0 fully saturated rings. The van der Waals surface area contributed by atoms with Gasteiger partial charge in [0.2, 0.25) is 10.0 Å². The van der Waals surface area contributed by atoms with Gasteiger partial charge >= 0.3 is 12.2 Å². The Bertz CT molecular complexity index is 1430. The van der Waals surface area contributed by atoms with Crippen LogP contribution in [0.2, 0.25) is 5.02 Å². The lowest BCUT2D eigenvalue weighted by Gasteiger charge is -2.15. The first-order valence-electron chi connectivity index (χ1n) is 10.3. The molecule has 2 heterocycles. The molecular weight excluding hydrogens is 539 g/mol. The maximum absolute atomic E-state index is 13.0. The van der Waals surface area contributed by atoms with E-state index in [0.717, 1.165) is 22.5 Å². The Morgan fingerprint density at radius 3 is 2.50 bits per heavy atom. The van der Waals surface area contributed by atoms with Crippen molar-refractivity contribution in [3.8, 4) is 0 Å². The fraction of sp³-hybridized carbons (Fsp3) is 0.182. The van der Waals surface area contributed by atoms with Crippen LogP contribution in [0.25, 0.3) is 4.91 Å². The summed E-state index contributed by atoms with van der Waals surface area (Å²) in [5, 5.41) is 8.86. The number of alkyl halides is 3. The predicted octanol–water partition coefficient (Wildman–Crippen LogP) is 5.98. The van der Waals surface area contributed by atoms with E-state index in [9.17, 15) is 26.4 Å². The Labute approximate surface area is 214 Å². The highest BCUT2D eigenvalue weighted by Crippen LogP contribution is 2.43. The topological polar surface area (TPSA) is 105 Å². The molecule has 4 rings (SSSR count). The van der Waals surface area contributed by atoms with Gasteiger partial charge in [0.25, 0.3) is 0 Å². The summed E-state index contributed by atoms with van der Waals surface area (Å²) in [4.78, 5) is 12.7. The van der Waals surface area contributed by atoms with Crippen LogP contribution in [0.15, 0.2) is 60.7 Å². The Balaban J connectivity index is 1.43. The van der Waals surface area contributed by atoms with Crippen LogP contribution in [0.4, 0.5) is 35.0 Å². The molecule has 0 spiro atoms. The molecule has 190 valence electrons. The number of thioether (sulfide) groups is 1. The molecule has 36 heavy (non-hydrogen) atoms. The number of aryl methyl sites for hydroxylation is 1. The van der Waals surface area contributed by atoms with E-state index in [1.807, 2.05) is 0 Å². The molecule has 1 aliphatic heterocycles. The number of hydrogen-bond donors (Lipinski definition) is 3. The average Bonchev–Trinajstić information content (AvgIpc) is 3.44. The zero-order chi connectivity index (χ0) is 26.1. The van der Waals surface area contributed by atoms with Crippen LogP contribution in [0.5, 0.6) is 0 Å². The maximum Gasteiger partial charge on any atom is 0.435 e. The third-order valence-corrected chi connectivity index (χ3v) is 8.90. The van der Waals surface area contributed by atoms with E-state index in [0.29, 0.717) is 10.6 Å². The molecule has 0 saturated carbocycles. The average molecular weight is 558 g/mol. The Morgan fingerprint density at radius 1 is 1.11 bits per heavy atom. The molecule has 1 unspecified atom stereocenters. The molecular formula is C22H19ClF3N5O3S2. The van der Waals surface area contributed by atoms with Crippen LogP contribution in [-0.4, -0.2) is 28.8 Å². The summed E-state index contributed by atoms with van der Waals surface area (Å²) in [6, 6.07) is 13.2. The minimum atomic E-state index is -4.61. The molecule has 1 atom stereocenters. The van der Waals surface area contributed by atoms with Gasteiger partial charge in [0, 0.05) is 17.6 Å². The molecule has 3 aromatic rings. The Morgan fingerprint density at radius 2 is 1.83 bits per heavy atom. The molecule has 2 amide bonds. The predicted molar refractivity (Wildman–Crippen MR) is 135 cm³/mol. The van der Waals surface area contributed by atoms with Crippen LogP contribution < -0.4 is 15.4 Å². The molecule has 3 N–H and O–H groups in total. The molecule has 0 radical (unpaired) electrons. The van der Waals surface area contributed by atoms with E-state index in [1.165, 1.54) is 25.2 Å². The number of sulfonamides is 1. The number of nitrogens with zero attached hydrogens (tertiary/aromatic N) is 2. The lowest BCUT2D eigenvalue weighted by atomic mass is 10.3. The highest BCUT2D eigenvalue weighted by atomic mass is 35.5. The number of benzene rings is 2. The van der Waals surface area contributed by atoms with Gasteiger partial charge in [-0.25, -0.2) is 13.2 Å². The van der Waals surface area contributed by atoms with Gasteiger partial charge in [-0.05, 0) is 42.8 Å². The van der Waals surface area contributed by atoms with Crippen molar-refractivity contribution in [3.05, 3.63) is 77.1 Å². The molecule has 14 heteroatoms. The zero-order valence-corrected chi connectivity index (χ0v) is 20.9. The van der Waals surface area contributed by atoms with E-state index >= 15 is 0 Å². The van der Waals surface area contributed by atoms with Crippen LogP contribution >= 0.6 is 23.4 Å². The second kappa shape index (κ2) is 10.1. The number of carbonyl (C=O) groups excluding carboxylic acids is 1. The van der Waals surface area contributed by atoms with Gasteiger partial charge in [-0.1, -0.05) is 35.9 Å². The van der Waals surface area contributed by atoms with Crippen molar-refractivity contribution in [1.82, 2.24) is 9.78 Å². The van der Waals surface area contributed by atoms with E-state index < -0.39 is 32.5 Å². The van der Waals surface area contributed by atoms with Crippen molar-refractivity contribution in [2.45, 2.75) is 17.2 Å². The van der Waals surface area contributed by atoms with Gasteiger partial charge in [0.1, 0.15) is 4.58 Å². The fourth-order valence-corrected chi connectivity index (χ4v) is 6.40.